The molecular weight excluding hydrogens is 380 g/mol. The van der Waals surface area contributed by atoms with Gasteiger partial charge < -0.3 is 10.1 Å². The Bertz CT molecular complexity index is 818. The lowest BCUT2D eigenvalue weighted by atomic mass is 10.3. The first-order valence-electron chi connectivity index (χ1n) is 7.35. The molecule has 1 amide bonds. The van der Waals surface area contributed by atoms with Gasteiger partial charge in [-0.05, 0) is 29.6 Å². The molecule has 0 unspecified atom stereocenters. The van der Waals surface area contributed by atoms with Gasteiger partial charge >= 0.3 is 0 Å². The van der Waals surface area contributed by atoms with Crippen LogP contribution in [-0.2, 0) is 20.6 Å². The van der Waals surface area contributed by atoms with E-state index in [0.717, 1.165) is 10.1 Å². The van der Waals surface area contributed by atoms with E-state index < -0.39 is 10.0 Å². The standard InChI is InChI=1S/C16H20N2O4S3/c1-18(2)25(20,21)15-9-12(6-7-14(15)22-3)17-16(19)11-23-10-13-5-4-8-24-13/h4-9H,10-11H2,1-3H3,(H,17,19). The molecule has 1 aromatic carbocycles. The first-order chi connectivity index (χ1) is 11.8. The number of rotatable bonds is 8. The minimum atomic E-state index is -3.67. The molecule has 2 rings (SSSR count). The van der Waals surface area contributed by atoms with Crippen LogP contribution < -0.4 is 10.1 Å². The second-order valence-electron chi connectivity index (χ2n) is 5.27. The number of thioether (sulfide) groups is 1. The Labute approximate surface area is 156 Å². The summed E-state index contributed by atoms with van der Waals surface area (Å²) in [5.41, 5.74) is 0.419. The van der Waals surface area contributed by atoms with Crippen LogP contribution in [0, 0.1) is 0 Å². The van der Waals surface area contributed by atoms with E-state index in [0.29, 0.717) is 11.4 Å². The topological polar surface area (TPSA) is 75.7 Å². The van der Waals surface area contributed by atoms with Gasteiger partial charge in [0.05, 0.1) is 12.9 Å². The normalized spacial score (nSPS) is 11.5. The summed E-state index contributed by atoms with van der Waals surface area (Å²) in [6.45, 7) is 0. The largest absolute Gasteiger partial charge is 0.495 e. The van der Waals surface area contributed by atoms with E-state index in [1.807, 2.05) is 17.5 Å². The molecule has 0 radical (unpaired) electrons. The lowest BCUT2D eigenvalue weighted by Gasteiger charge is -2.16. The second-order valence-corrected chi connectivity index (χ2v) is 9.41. The minimum absolute atomic E-state index is 0.0176. The van der Waals surface area contributed by atoms with Crippen LogP contribution in [0.2, 0.25) is 0 Å². The smallest absolute Gasteiger partial charge is 0.246 e. The zero-order chi connectivity index (χ0) is 18.4. The number of anilines is 1. The molecule has 0 bridgehead atoms. The molecule has 1 N–H and O–H groups in total. The number of hydrogen-bond acceptors (Lipinski definition) is 6. The Morgan fingerprint density at radius 1 is 1.32 bits per heavy atom. The van der Waals surface area contributed by atoms with Gasteiger partial charge in [-0.2, -0.15) is 0 Å². The number of hydrogen-bond donors (Lipinski definition) is 1. The Balaban J connectivity index is 2.05. The van der Waals surface area contributed by atoms with E-state index in [1.54, 1.807) is 17.4 Å². The SMILES string of the molecule is COc1ccc(NC(=O)CSCc2cccs2)cc1S(=O)(=O)N(C)C. The first kappa shape index (κ1) is 19.8. The molecule has 0 atom stereocenters. The summed E-state index contributed by atoms with van der Waals surface area (Å²) in [7, 11) is 0.626. The van der Waals surface area contributed by atoms with Gasteiger partial charge in [0, 0.05) is 30.4 Å². The average molecular weight is 401 g/mol. The quantitative estimate of drug-likeness (QED) is 0.737. The highest BCUT2D eigenvalue weighted by Gasteiger charge is 2.23. The van der Waals surface area contributed by atoms with Crippen molar-refractivity contribution < 1.29 is 17.9 Å². The number of ether oxygens (including phenoxy) is 1. The van der Waals surface area contributed by atoms with Crippen molar-refractivity contribution in [2.75, 3.05) is 32.3 Å². The Morgan fingerprint density at radius 2 is 2.08 bits per heavy atom. The highest BCUT2D eigenvalue weighted by molar-refractivity contribution is 7.99. The third kappa shape index (κ3) is 5.21. The van der Waals surface area contributed by atoms with E-state index in [2.05, 4.69) is 5.32 Å². The fourth-order valence-corrected chi connectivity index (χ4v) is 4.73. The minimum Gasteiger partial charge on any atom is -0.495 e. The number of amides is 1. The summed E-state index contributed by atoms with van der Waals surface area (Å²) in [6.07, 6.45) is 0. The Kier molecular flexibility index (Phi) is 6.88. The van der Waals surface area contributed by atoms with Gasteiger partial charge in [-0.15, -0.1) is 23.1 Å². The Morgan fingerprint density at radius 3 is 2.68 bits per heavy atom. The first-order valence-corrected chi connectivity index (χ1v) is 10.8. The van der Waals surface area contributed by atoms with E-state index in [-0.39, 0.29) is 16.6 Å². The fourth-order valence-electron chi connectivity index (χ4n) is 1.99. The highest BCUT2D eigenvalue weighted by atomic mass is 32.2. The third-order valence-corrected chi connectivity index (χ3v) is 7.14. The second kappa shape index (κ2) is 8.70. The maximum Gasteiger partial charge on any atom is 0.246 e. The zero-order valence-electron chi connectivity index (χ0n) is 14.2. The number of benzene rings is 1. The summed E-state index contributed by atoms with van der Waals surface area (Å²) in [4.78, 5) is 13.3. The van der Waals surface area contributed by atoms with Gasteiger partial charge in [0.25, 0.3) is 0 Å². The Hall–Kier alpha value is -1.55. The van der Waals surface area contributed by atoms with Gasteiger partial charge in [0.1, 0.15) is 10.6 Å². The average Bonchev–Trinajstić information content (AvgIpc) is 3.08. The van der Waals surface area contributed by atoms with Crippen LogP contribution in [0.5, 0.6) is 5.75 Å². The van der Waals surface area contributed by atoms with Gasteiger partial charge in [-0.3, -0.25) is 4.79 Å². The third-order valence-electron chi connectivity index (χ3n) is 3.26. The molecule has 6 nitrogen and oxygen atoms in total. The van der Waals surface area contributed by atoms with Crippen LogP contribution in [0.3, 0.4) is 0 Å². The number of carbonyl (C=O) groups is 1. The number of nitrogens with zero attached hydrogens (tertiary/aromatic N) is 1. The molecule has 0 spiro atoms. The van der Waals surface area contributed by atoms with Crippen molar-refractivity contribution in [3.05, 3.63) is 40.6 Å². The molecule has 136 valence electrons. The number of sulfonamides is 1. The number of nitrogens with one attached hydrogen (secondary N) is 1. The van der Waals surface area contributed by atoms with Crippen molar-refractivity contribution in [3.8, 4) is 5.75 Å². The summed E-state index contributed by atoms with van der Waals surface area (Å²) in [5, 5.41) is 4.73. The van der Waals surface area contributed by atoms with Crippen LogP contribution in [0.25, 0.3) is 0 Å². The molecule has 9 heteroatoms. The molecule has 0 aliphatic heterocycles. The van der Waals surface area contributed by atoms with Crippen molar-refractivity contribution in [1.82, 2.24) is 4.31 Å². The molecule has 0 fully saturated rings. The van der Waals surface area contributed by atoms with Gasteiger partial charge in [-0.25, -0.2) is 12.7 Å². The summed E-state index contributed by atoms with van der Waals surface area (Å²) in [6, 6.07) is 8.57. The maximum atomic E-state index is 12.4. The van der Waals surface area contributed by atoms with E-state index in [4.69, 9.17) is 4.74 Å². The molecule has 0 aliphatic rings. The summed E-state index contributed by atoms with van der Waals surface area (Å²) < 4.78 is 31.0. The summed E-state index contributed by atoms with van der Waals surface area (Å²) in [5.74, 6) is 1.12. The lowest BCUT2D eigenvalue weighted by Crippen LogP contribution is -2.23. The van der Waals surface area contributed by atoms with Crippen LogP contribution >= 0.6 is 23.1 Å². The zero-order valence-corrected chi connectivity index (χ0v) is 16.6. The molecular formula is C16H20N2O4S3. The fraction of sp³-hybridized carbons (Fsp3) is 0.312. The van der Waals surface area contributed by atoms with Crippen molar-refractivity contribution in [2.24, 2.45) is 0 Å². The van der Waals surface area contributed by atoms with Crippen molar-refractivity contribution in [3.63, 3.8) is 0 Å². The molecule has 0 saturated carbocycles. The molecule has 2 aromatic rings. The molecule has 1 heterocycles. The number of methoxy groups -OCH3 is 1. The van der Waals surface area contributed by atoms with E-state index in [1.165, 1.54) is 50.0 Å². The number of thiophene rings is 1. The number of carbonyl (C=O) groups excluding carboxylic acids is 1. The van der Waals surface area contributed by atoms with Crippen LogP contribution in [0.4, 0.5) is 5.69 Å². The highest BCUT2D eigenvalue weighted by Crippen LogP contribution is 2.29. The monoisotopic (exact) mass is 400 g/mol. The van der Waals surface area contributed by atoms with Gasteiger partial charge in [-0.1, -0.05) is 6.07 Å². The molecule has 0 aliphatic carbocycles. The summed E-state index contributed by atoms with van der Waals surface area (Å²) >= 11 is 3.16. The van der Waals surface area contributed by atoms with E-state index >= 15 is 0 Å². The van der Waals surface area contributed by atoms with Crippen molar-refractivity contribution in [1.29, 1.82) is 0 Å². The lowest BCUT2D eigenvalue weighted by molar-refractivity contribution is -0.113. The van der Waals surface area contributed by atoms with Crippen LogP contribution in [0.1, 0.15) is 4.88 Å². The predicted octanol–water partition coefficient (Wildman–Crippen LogP) is 2.88. The molecule has 0 saturated heterocycles. The van der Waals surface area contributed by atoms with Crippen LogP contribution in [-0.4, -0.2) is 45.6 Å². The van der Waals surface area contributed by atoms with Gasteiger partial charge in [0.15, 0.2) is 0 Å². The predicted molar refractivity (Wildman–Crippen MR) is 103 cm³/mol. The maximum absolute atomic E-state index is 12.4. The van der Waals surface area contributed by atoms with Crippen molar-refractivity contribution >= 4 is 44.7 Å². The molecule has 25 heavy (non-hydrogen) atoms. The molecule has 1 aromatic heterocycles. The van der Waals surface area contributed by atoms with E-state index in [9.17, 15) is 13.2 Å². The van der Waals surface area contributed by atoms with Gasteiger partial charge in [0.2, 0.25) is 15.9 Å². The van der Waals surface area contributed by atoms with Crippen LogP contribution in [0.15, 0.2) is 40.6 Å². The van der Waals surface area contributed by atoms with Crippen molar-refractivity contribution in [2.45, 2.75) is 10.6 Å².